The molecule has 1 unspecified atom stereocenters. The minimum atomic E-state index is -1.82. The third-order valence-electron chi connectivity index (χ3n) is 3.03. The van der Waals surface area contributed by atoms with Crippen molar-refractivity contribution in [3.05, 3.63) is 35.4 Å². The van der Waals surface area contributed by atoms with E-state index in [1.54, 1.807) is 0 Å². The maximum absolute atomic E-state index is 9.10. The van der Waals surface area contributed by atoms with Crippen LogP contribution in [-0.2, 0) is 20.9 Å². The summed E-state index contributed by atoms with van der Waals surface area (Å²) in [4.78, 5) is 18.2. The summed E-state index contributed by atoms with van der Waals surface area (Å²) in [5, 5.41) is 18.2. The van der Waals surface area contributed by atoms with Gasteiger partial charge in [0.15, 0.2) is 0 Å². The van der Waals surface area contributed by atoms with Gasteiger partial charge in [-0.3, -0.25) is 0 Å². The van der Waals surface area contributed by atoms with Crippen molar-refractivity contribution in [3.8, 4) is 0 Å². The molecule has 2 rings (SSSR count). The van der Waals surface area contributed by atoms with Crippen molar-refractivity contribution >= 4 is 11.9 Å². The molecular weight excluding hydrogens is 274 g/mol. The number of nitrogens with one attached hydrogen (secondary N) is 1. The van der Waals surface area contributed by atoms with E-state index in [4.69, 9.17) is 24.5 Å². The van der Waals surface area contributed by atoms with E-state index in [0.29, 0.717) is 6.10 Å². The summed E-state index contributed by atoms with van der Waals surface area (Å²) >= 11 is 0. The van der Waals surface area contributed by atoms with Gasteiger partial charge in [0, 0.05) is 19.7 Å². The highest BCUT2D eigenvalue weighted by atomic mass is 16.5. The fraction of sp³-hybridized carbons (Fsp3) is 0.467. The molecule has 0 aromatic heterocycles. The predicted octanol–water partition coefficient (Wildman–Crippen LogP) is 1.42. The van der Waals surface area contributed by atoms with E-state index < -0.39 is 11.9 Å². The average molecular weight is 295 g/mol. The average Bonchev–Trinajstić information content (AvgIpc) is 2.95. The monoisotopic (exact) mass is 295 g/mol. The number of rotatable bonds is 4. The molecule has 1 atom stereocenters. The Morgan fingerprint density at radius 2 is 1.86 bits per heavy atom. The van der Waals surface area contributed by atoms with Gasteiger partial charge in [-0.2, -0.15) is 0 Å². The lowest BCUT2D eigenvalue weighted by atomic mass is 10.1. The van der Waals surface area contributed by atoms with Gasteiger partial charge in [-0.15, -0.1) is 0 Å². The number of ether oxygens (including phenoxy) is 1. The number of carboxylic acids is 2. The lowest BCUT2D eigenvalue weighted by molar-refractivity contribution is -0.159. The normalized spacial score (nSPS) is 16.9. The first-order valence-electron chi connectivity index (χ1n) is 6.83. The first kappa shape index (κ1) is 17.1. The van der Waals surface area contributed by atoms with E-state index in [-0.39, 0.29) is 0 Å². The Labute approximate surface area is 123 Å². The molecule has 0 amide bonds. The molecule has 1 saturated heterocycles. The van der Waals surface area contributed by atoms with Crippen LogP contribution in [0.25, 0.3) is 0 Å². The van der Waals surface area contributed by atoms with Crippen molar-refractivity contribution in [1.29, 1.82) is 0 Å². The van der Waals surface area contributed by atoms with Crippen LogP contribution in [0.3, 0.4) is 0 Å². The number of benzene rings is 1. The number of carbonyl (C=O) groups is 2. The molecule has 116 valence electrons. The lowest BCUT2D eigenvalue weighted by Gasteiger charge is -2.10. The summed E-state index contributed by atoms with van der Waals surface area (Å²) in [5.41, 5.74) is 2.66. The summed E-state index contributed by atoms with van der Waals surface area (Å²) in [7, 11) is 0. The molecule has 6 heteroatoms. The summed E-state index contributed by atoms with van der Waals surface area (Å²) in [6.07, 6.45) is 2.87. The second-order valence-corrected chi connectivity index (χ2v) is 4.86. The van der Waals surface area contributed by atoms with E-state index in [1.807, 2.05) is 0 Å². The van der Waals surface area contributed by atoms with Gasteiger partial charge in [0.05, 0.1) is 6.10 Å². The summed E-state index contributed by atoms with van der Waals surface area (Å²) < 4.78 is 5.55. The van der Waals surface area contributed by atoms with Crippen molar-refractivity contribution in [2.24, 2.45) is 0 Å². The molecule has 6 nitrogen and oxygen atoms in total. The van der Waals surface area contributed by atoms with E-state index in [2.05, 4.69) is 36.5 Å². The van der Waals surface area contributed by atoms with Crippen LogP contribution in [0.4, 0.5) is 0 Å². The lowest BCUT2D eigenvalue weighted by Crippen LogP contribution is -2.25. The smallest absolute Gasteiger partial charge is 0.414 e. The Balaban J connectivity index is 0.000000315. The van der Waals surface area contributed by atoms with Gasteiger partial charge in [0.25, 0.3) is 0 Å². The minimum Gasteiger partial charge on any atom is -0.473 e. The SMILES string of the molecule is Cc1ccc(CNCC2CCCO2)cc1.O=C(O)C(=O)O. The van der Waals surface area contributed by atoms with Crippen LogP contribution < -0.4 is 5.32 Å². The first-order valence-corrected chi connectivity index (χ1v) is 6.83. The second-order valence-electron chi connectivity index (χ2n) is 4.86. The number of aryl methyl sites for hydroxylation is 1. The standard InChI is InChI=1S/C13H19NO.C2H2O4/c1-11-4-6-12(7-5-11)9-14-10-13-3-2-8-15-13;3-1(4)2(5)6/h4-7,13-14H,2-3,8-10H2,1H3;(H,3,4)(H,5,6). The van der Waals surface area contributed by atoms with Gasteiger partial charge in [-0.05, 0) is 25.3 Å². The van der Waals surface area contributed by atoms with Gasteiger partial charge >= 0.3 is 11.9 Å². The summed E-state index contributed by atoms with van der Waals surface area (Å²) in [5.74, 6) is -3.65. The number of hydrogen-bond donors (Lipinski definition) is 3. The molecule has 1 aromatic rings. The van der Waals surface area contributed by atoms with Crippen molar-refractivity contribution in [3.63, 3.8) is 0 Å². The van der Waals surface area contributed by atoms with Gasteiger partial charge < -0.3 is 20.3 Å². The summed E-state index contributed by atoms with van der Waals surface area (Å²) in [6, 6.07) is 8.67. The molecule has 1 heterocycles. The third kappa shape index (κ3) is 7.43. The Hall–Kier alpha value is -1.92. The van der Waals surface area contributed by atoms with E-state index in [1.165, 1.54) is 24.0 Å². The fourth-order valence-electron chi connectivity index (χ4n) is 1.89. The first-order chi connectivity index (χ1) is 9.99. The Morgan fingerprint density at radius 3 is 2.33 bits per heavy atom. The van der Waals surface area contributed by atoms with Crippen LogP contribution in [0.2, 0.25) is 0 Å². The summed E-state index contributed by atoms with van der Waals surface area (Å²) in [6.45, 7) is 4.98. The van der Waals surface area contributed by atoms with Gasteiger partial charge in [0.1, 0.15) is 0 Å². The van der Waals surface area contributed by atoms with Crippen LogP contribution >= 0.6 is 0 Å². The highest BCUT2D eigenvalue weighted by molar-refractivity contribution is 6.27. The molecule has 1 fully saturated rings. The van der Waals surface area contributed by atoms with Gasteiger partial charge in [-0.25, -0.2) is 9.59 Å². The Kier molecular flexibility index (Phi) is 7.42. The topological polar surface area (TPSA) is 95.9 Å². The van der Waals surface area contributed by atoms with Gasteiger partial charge in [-0.1, -0.05) is 29.8 Å². The van der Waals surface area contributed by atoms with Crippen molar-refractivity contribution in [1.82, 2.24) is 5.32 Å². The molecule has 0 radical (unpaired) electrons. The van der Waals surface area contributed by atoms with Crippen LogP contribution in [0.5, 0.6) is 0 Å². The van der Waals surface area contributed by atoms with Crippen molar-refractivity contribution in [2.75, 3.05) is 13.2 Å². The third-order valence-corrected chi connectivity index (χ3v) is 3.03. The maximum Gasteiger partial charge on any atom is 0.414 e. The molecule has 1 aliphatic rings. The molecule has 0 spiro atoms. The zero-order valence-corrected chi connectivity index (χ0v) is 12.0. The van der Waals surface area contributed by atoms with E-state index in [9.17, 15) is 0 Å². The minimum absolute atomic E-state index is 0.440. The van der Waals surface area contributed by atoms with Crippen LogP contribution in [0, 0.1) is 6.92 Å². The van der Waals surface area contributed by atoms with Crippen molar-refractivity contribution < 1.29 is 24.5 Å². The predicted molar refractivity (Wildman–Crippen MR) is 77.1 cm³/mol. The van der Waals surface area contributed by atoms with E-state index in [0.717, 1.165) is 19.7 Å². The molecule has 1 aromatic carbocycles. The molecule has 21 heavy (non-hydrogen) atoms. The molecular formula is C15H21NO5. The van der Waals surface area contributed by atoms with Crippen LogP contribution in [0.15, 0.2) is 24.3 Å². The molecule has 0 saturated carbocycles. The Morgan fingerprint density at radius 1 is 1.24 bits per heavy atom. The zero-order chi connectivity index (χ0) is 15.7. The fourth-order valence-corrected chi connectivity index (χ4v) is 1.89. The molecule has 0 bridgehead atoms. The van der Waals surface area contributed by atoms with Crippen molar-refractivity contribution in [2.45, 2.75) is 32.4 Å². The molecule has 1 aliphatic heterocycles. The van der Waals surface area contributed by atoms with Crippen LogP contribution in [-0.4, -0.2) is 41.4 Å². The number of carboxylic acid groups (broad SMARTS) is 2. The zero-order valence-electron chi connectivity index (χ0n) is 12.0. The van der Waals surface area contributed by atoms with Gasteiger partial charge in [0.2, 0.25) is 0 Å². The quantitative estimate of drug-likeness (QED) is 0.727. The molecule has 3 N–H and O–H groups in total. The van der Waals surface area contributed by atoms with Crippen LogP contribution in [0.1, 0.15) is 24.0 Å². The molecule has 0 aliphatic carbocycles. The number of hydrogen-bond acceptors (Lipinski definition) is 4. The largest absolute Gasteiger partial charge is 0.473 e. The highest BCUT2D eigenvalue weighted by Crippen LogP contribution is 2.11. The number of aliphatic carboxylic acids is 2. The maximum atomic E-state index is 9.10. The van der Waals surface area contributed by atoms with E-state index >= 15 is 0 Å². The second kappa shape index (κ2) is 9.10. The highest BCUT2D eigenvalue weighted by Gasteiger charge is 2.14. The Bertz CT molecular complexity index is 440.